The quantitative estimate of drug-likeness (QED) is 0.681. The third-order valence-corrected chi connectivity index (χ3v) is 3.11. The average molecular weight is 307 g/mol. The Balaban J connectivity index is 2.01. The van der Waals surface area contributed by atoms with Crippen molar-refractivity contribution in [3.05, 3.63) is 48.1 Å². The molecule has 2 aromatic heterocycles. The second-order valence-electron chi connectivity index (χ2n) is 4.21. The van der Waals surface area contributed by atoms with Gasteiger partial charge in [-0.2, -0.15) is 0 Å². The van der Waals surface area contributed by atoms with Gasteiger partial charge in [-0.25, -0.2) is 8.81 Å². The Kier molecular flexibility index (Phi) is 3.26. The van der Waals surface area contributed by atoms with Crippen LogP contribution in [-0.4, -0.2) is 21.1 Å². The van der Waals surface area contributed by atoms with Gasteiger partial charge in [0.25, 0.3) is 0 Å². The molecule has 0 radical (unpaired) electrons. The highest BCUT2D eigenvalue weighted by atomic mass is 35.5. The monoisotopic (exact) mass is 306 g/mol. The van der Waals surface area contributed by atoms with Gasteiger partial charge >= 0.3 is 11.8 Å². The first kappa shape index (κ1) is 13.4. The van der Waals surface area contributed by atoms with E-state index in [1.165, 1.54) is 6.20 Å². The second-order valence-corrected chi connectivity index (χ2v) is 4.55. The maximum atomic E-state index is 14.0. The molecule has 3 aromatic rings. The summed E-state index contributed by atoms with van der Waals surface area (Å²) in [4.78, 5) is 16.0. The van der Waals surface area contributed by atoms with Crippen molar-refractivity contribution < 1.29 is 13.6 Å². The van der Waals surface area contributed by atoms with Crippen molar-refractivity contribution in [2.75, 3.05) is 4.42 Å². The van der Waals surface area contributed by atoms with Crippen LogP contribution in [0.25, 0.3) is 10.9 Å². The Bertz CT molecular complexity index is 836. The van der Waals surface area contributed by atoms with E-state index in [-0.39, 0.29) is 23.0 Å². The number of rotatable bonds is 2. The number of pyridine rings is 1. The lowest BCUT2D eigenvalue weighted by Gasteiger charge is -2.12. The van der Waals surface area contributed by atoms with Crippen LogP contribution < -0.4 is 4.42 Å². The Hall–Kier alpha value is -2.54. The smallest absolute Gasteiger partial charge is 0.330 e. The van der Waals surface area contributed by atoms with Gasteiger partial charge in [-0.15, -0.1) is 10.2 Å². The number of hydrogen-bond acceptors (Lipinski definition) is 5. The number of carbonyl (C=O) groups is 1. The highest BCUT2D eigenvalue weighted by molar-refractivity contribution is 6.38. The molecule has 0 aliphatic heterocycles. The fraction of sp³-hybridized carbons (Fsp3) is 0.0769. The molecule has 0 aliphatic carbocycles. The van der Waals surface area contributed by atoms with E-state index in [9.17, 15) is 9.18 Å². The molecule has 0 aliphatic rings. The first-order valence-electron chi connectivity index (χ1n) is 5.91. The van der Waals surface area contributed by atoms with Crippen LogP contribution >= 0.6 is 11.8 Å². The fourth-order valence-corrected chi connectivity index (χ4v) is 2.00. The van der Waals surface area contributed by atoms with Crippen molar-refractivity contribution >= 4 is 34.3 Å². The van der Waals surface area contributed by atoms with Gasteiger partial charge in [-0.1, -0.05) is 6.07 Å². The number of benzene rings is 1. The standard InChI is InChI=1S/C13H8ClFN4O2/c1-7-17-18-12(21-7)13(20)19(14)9-5-8-3-2-4-16-11(8)10(15)6-9/h2-6H,1H3. The van der Waals surface area contributed by atoms with Crippen LogP contribution in [0.2, 0.25) is 0 Å². The van der Waals surface area contributed by atoms with Crippen LogP contribution in [0.4, 0.5) is 10.1 Å². The van der Waals surface area contributed by atoms with E-state index in [0.717, 1.165) is 10.5 Å². The first-order chi connectivity index (χ1) is 10.1. The van der Waals surface area contributed by atoms with Crippen molar-refractivity contribution in [1.29, 1.82) is 0 Å². The molecule has 1 amide bonds. The highest BCUT2D eigenvalue weighted by Gasteiger charge is 2.22. The Labute approximate surface area is 123 Å². The zero-order valence-corrected chi connectivity index (χ0v) is 11.5. The minimum atomic E-state index is -0.736. The number of aryl methyl sites for hydroxylation is 1. The van der Waals surface area contributed by atoms with Gasteiger partial charge in [0.2, 0.25) is 5.89 Å². The molecule has 0 saturated heterocycles. The molecular weight excluding hydrogens is 299 g/mol. The van der Waals surface area contributed by atoms with E-state index < -0.39 is 11.7 Å². The number of anilines is 1. The molecule has 0 atom stereocenters. The lowest BCUT2D eigenvalue weighted by atomic mass is 10.2. The zero-order valence-electron chi connectivity index (χ0n) is 10.7. The molecule has 0 spiro atoms. The number of nitrogens with zero attached hydrogens (tertiary/aromatic N) is 4. The normalized spacial score (nSPS) is 10.8. The summed E-state index contributed by atoms with van der Waals surface area (Å²) in [5, 5.41) is 7.64. The first-order valence-corrected chi connectivity index (χ1v) is 6.24. The number of amides is 1. The third-order valence-electron chi connectivity index (χ3n) is 2.76. The number of aromatic nitrogens is 3. The van der Waals surface area contributed by atoms with Gasteiger partial charge in [0.1, 0.15) is 5.52 Å². The van der Waals surface area contributed by atoms with E-state index in [0.29, 0.717) is 5.39 Å². The average Bonchev–Trinajstić information content (AvgIpc) is 2.92. The molecule has 2 heterocycles. The molecule has 21 heavy (non-hydrogen) atoms. The van der Waals surface area contributed by atoms with Crippen molar-refractivity contribution in [3.63, 3.8) is 0 Å². The Morgan fingerprint density at radius 3 is 2.90 bits per heavy atom. The summed E-state index contributed by atoms with van der Waals surface area (Å²) in [6.07, 6.45) is 1.48. The molecular formula is C13H8ClFN4O2. The molecule has 0 unspecified atom stereocenters. The predicted molar refractivity (Wildman–Crippen MR) is 73.4 cm³/mol. The largest absolute Gasteiger partial charge is 0.417 e. The summed E-state index contributed by atoms with van der Waals surface area (Å²) >= 11 is 5.94. The number of fused-ring (bicyclic) bond motifs is 1. The maximum Gasteiger partial charge on any atom is 0.330 e. The van der Waals surface area contributed by atoms with Crippen LogP contribution in [0.5, 0.6) is 0 Å². The molecule has 8 heteroatoms. The minimum absolute atomic E-state index is 0.149. The second kappa shape index (κ2) is 5.10. The van der Waals surface area contributed by atoms with Gasteiger partial charge in [0.05, 0.1) is 5.69 Å². The van der Waals surface area contributed by atoms with Crippen LogP contribution in [0.1, 0.15) is 16.6 Å². The van der Waals surface area contributed by atoms with Gasteiger partial charge < -0.3 is 4.42 Å². The summed E-state index contributed by atoms with van der Waals surface area (Å²) < 4.78 is 19.7. The number of hydrogen-bond donors (Lipinski definition) is 0. The van der Waals surface area contributed by atoms with Crippen molar-refractivity contribution in [3.8, 4) is 0 Å². The summed E-state index contributed by atoms with van der Waals surface area (Å²) in [5.74, 6) is -1.35. The van der Waals surface area contributed by atoms with E-state index in [4.69, 9.17) is 16.2 Å². The van der Waals surface area contributed by atoms with E-state index in [1.54, 1.807) is 25.1 Å². The van der Waals surface area contributed by atoms with Gasteiger partial charge in [-0.05, 0) is 12.1 Å². The number of carbonyl (C=O) groups excluding carboxylic acids is 1. The maximum absolute atomic E-state index is 14.0. The van der Waals surface area contributed by atoms with Gasteiger partial charge in [0.15, 0.2) is 5.82 Å². The van der Waals surface area contributed by atoms with Crippen molar-refractivity contribution in [2.45, 2.75) is 6.92 Å². The van der Waals surface area contributed by atoms with E-state index >= 15 is 0 Å². The van der Waals surface area contributed by atoms with Crippen LogP contribution in [0.15, 0.2) is 34.9 Å². The molecule has 0 fully saturated rings. The van der Waals surface area contributed by atoms with E-state index in [2.05, 4.69) is 15.2 Å². The highest BCUT2D eigenvalue weighted by Crippen LogP contribution is 2.26. The molecule has 1 aromatic carbocycles. The van der Waals surface area contributed by atoms with Crippen LogP contribution in [0.3, 0.4) is 0 Å². The summed E-state index contributed by atoms with van der Waals surface area (Å²) in [5.41, 5.74) is 0.350. The van der Waals surface area contributed by atoms with E-state index in [1.807, 2.05) is 0 Å². The summed E-state index contributed by atoms with van der Waals surface area (Å²) in [6.45, 7) is 1.55. The van der Waals surface area contributed by atoms with Crippen LogP contribution in [0, 0.1) is 12.7 Å². The Morgan fingerprint density at radius 1 is 1.38 bits per heavy atom. The van der Waals surface area contributed by atoms with Gasteiger partial charge in [-0.3, -0.25) is 9.78 Å². The zero-order chi connectivity index (χ0) is 15.0. The Morgan fingerprint density at radius 2 is 2.19 bits per heavy atom. The lowest BCUT2D eigenvalue weighted by Crippen LogP contribution is -2.21. The molecule has 106 valence electrons. The summed E-state index contributed by atoms with van der Waals surface area (Å²) in [6, 6.07) is 5.98. The molecule has 0 saturated carbocycles. The van der Waals surface area contributed by atoms with Gasteiger partial charge in [0, 0.05) is 36.3 Å². The molecule has 3 rings (SSSR count). The molecule has 0 N–H and O–H groups in total. The van der Waals surface area contributed by atoms with Crippen molar-refractivity contribution in [2.24, 2.45) is 0 Å². The molecule has 6 nitrogen and oxygen atoms in total. The SMILES string of the molecule is Cc1nnc(C(=O)N(Cl)c2cc(F)c3ncccc3c2)o1. The lowest BCUT2D eigenvalue weighted by molar-refractivity contribution is 0.0971. The molecule has 0 bridgehead atoms. The number of halogens is 2. The third kappa shape index (κ3) is 2.43. The minimum Gasteiger partial charge on any atom is -0.417 e. The predicted octanol–water partition coefficient (Wildman–Crippen LogP) is 2.87. The van der Waals surface area contributed by atoms with Crippen molar-refractivity contribution in [1.82, 2.24) is 15.2 Å². The summed E-state index contributed by atoms with van der Waals surface area (Å²) in [7, 11) is 0. The topological polar surface area (TPSA) is 72.1 Å². The van der Waals surface area contributed by atoms with Crippen LogP contribution in [-0.2, 0) is 0 Å². The fourth-order valence-electron chi connectivity index (χ4n) is 1.83.